The first-order chi connectivity index (χ1) is 9.02. The minimum absolute atomic E-state index is 0.0355. The van der Waals surface area contributed by atoms with Crippen molar-refractivity contribution < 1.29 is 13.2 Å². The van der Waals surface area contributed by atoms with E-state index >= 15 is 0 Å². The average Bonchev–Trinajstić information content (AvgIpc) is 2.74. The summed E-state index contributed by atoms with van der Waals surface area (Å²) in [6, 6.07) is 5.52. The summed E-state index contributed by atoms with van der Waals surface area (Å²) in [6.07, 6.45) is 1.53. The van der Waals surface area contributed by atoms with Crippen LogP contribution in [0.25, 0.3) is 0 Å². The largest absolute Gasteiger partial charge is 0.469 e. The SMILES string of the molecule is Cc1occc1CN(C)c1c(F)cc(C#N)cc1F. The average molecular weight is 262 g/mol. The van der Waals surface area contributed by atoms with E-state index in [0.29, 0.717) is 12.3 Å². The fraction of sp³-hybridized carbons (Fsp3) is 0.214. The van der Waals surface area contributed by atoms with Gasteiger partial charge in [0.2, 0.25) is 0 Å². The summed E-state index contributed by atoms with van der Waals surface area (Å²) < 4.78 is 32.8. The van der Waals surface area contributed by atoms with Crippen LogP contribution in [0.5, 0.6) is 0 Å². The van der Waals surface area contributed by atoms with Crippen LogP contribution in [0.4, 0.5) is 14.5 Å². The zero-order valence-electron chi connectivity index (χ0n) is 10.6. The van der Waals surface area contributed by atoms with Crippen molar-refractivity contribution in [2.75, 3.05) is 11.9 Å². The summed E-state index contributed by atoms with van der Waals surface area (Å²) in [7, 11) is 1.58. The first kappa shape index (κ1) is 13.1. The van der Waals surface area contributed by atoms with Crippen molar-refractivity contribution in [2.24, 2.45) is 0 Å². The number of benzene rings is 1. The number of hydrogen-bond acceptors (Lipinski definition) is 3. The van der Waals surface area contributed by atoms with Crippen LogP contribution in [0.1, 0.15) is 16.9 Å². The maximum Gasteiger partial charge on any atom is 0.150 e. The highest BCUT2D eigenvalue weighted by Crippen LogP contribution is 2.26. The number of anilines is 1. The summed E-state index contributed by atoms with van der Waals surface area (Å²) in [5.41, 5.74) is 0.664. The van der Waals surface area contributed by atoms with Gasteiger partial charge in [0.25, 0.3) is 0 Å². The van der Waals surface area contributed by atoms with E-state index < -0.39 is 11.6 Å². The molecule has 0 bridgehead atoms. The van der Waals surface area contributed by atoms with Crippen molar-refractivity contribution in [3.63, 3.8) is 0 Å². The standard InChI is InChI=1S/C14H12F2N2O/c1-9-11(3-4-19-9)8-18(2)14-12(15)5-10(7-17)6-13(14)16/h3-6H,8H2,1-2H3. The van der Waals surface area contributed by atoms with Crippen LogP contribution in [0.2, 0.25) is 0 Å². The number of halogens is 2. The van der Waals surface area contributed by atoms with Crippen molar-refractivity contribution in [2.45, 2.75) is 13.5 Å². The third-order valence-electron chi connectivity index (χ3n) is 2.90. The zero-order valence-corrected chi connectivity index (χ0v) is 10.6. The van der Waals surface area contributed by atoms with Gasteiger partial charge in [-0.2, -0.15) is 5.26 Å². The molecule has 2 aromatic rings. The van der Waals surface area contributed by atoms with Gasteiger partial charge >= 0.3 is 0 Å². The molecule has 0 radical (unpaired) electrons. The molecule has 3 nitrogen and oxygen atoms in total. The topological polar surface area (TPSA) is 40.2 Å². The summed E-state index contributed by atoms with van der Waals surface area (Å²) in [4.78, 5) is 1.45. The quantitative estimate of drug-likeness (QED) is 0.851. The monoisotopic (exact) mass is 262 g/mol. The highest BCUT2D eigenvalue weighted by atomic mass is 19.1. The van der Waals surface area contributed by atoms with E-state index in [1.807, 2.05) is 0 Å². The highest BCUT2D eigenvalue weighted by Gasteiger charge is 2.16. The molecule has 0 fully saturated rings. The molecule has 0 saturated carbocycles. The van der Waals surface area contributed by atoms with E-state index in [1.165, 1.54) is 11.2 Å². The van der Waals surface area contributed by atoms with Crippen LogP contribution in [-0.4, -0.2) is 7.05 Å². The Morgan fingerprint density at radius 1 is 1.32 bits per heavy atom. The van der Waals surface area contributed by atoms with Gasteiger partial charge in [0.15, 0.2) is 11.6 Å². The molecule has 0 amide bonds. The van der Waals surface area contributed by atoms with Gasteiger partial charge in [-0.1, -0.05) is 0 Å². The fourth-order valence-corrected chi connectivity index (χ4v) is 1.90. The van der Waals surface area contributed by atoms with Crippen LogP contribution in [-0.2, 0) is 6.54 Å². The molecule has 0 saturated heterocycles. The number of aryl methyl sites for hydroxylation is 1. The van der Waals surface area contributed by atoms with Gasteiger partial charge in [0.1, 0.15) is 11.4 Å². The summed E-state index contributed by atoms with van der Waals surface area (Å²) in [5.74, 6) is -0.790. The lowest BCUT2D eigenvalue weighted by atomic mass is 10.1. The zero-order chi connectivity index (χ0) is 14.0. The van der Waals surface area contributed by atoms with E-state index in [2.05, 4.69) is 0 Å². The third kappa shape index (κ3) is 2.58. The molecule has 5 heteroatoms. The molecule has 2 rings (SSSR count). The van der Waals surface area contributed by atoms with Crippen molar-refractivity contribution in [3.8, 4) is 6.07 Å². The van der Waals surface area contributed by atoms with Gasteiger partial charge in [0, 0.05) is 19.2 Å². The molecular weight excluding hydrogens is 250 g/mol. The minimum Gasteiger partial charge on any atom is -0.469 e. The first-order valence-electron chi connectivity index (χ1n) is 5.66. The van der Waals surface area contributed by atoms with Crippen LogP contribution in [0.15, 0.2) is 28.9 Å². The van der Waals surface area contributed by atoms with E-state index in [1.54, 1.807) is 26.1 Å². The van der Waals surface area contributed by atoms with Gasteiger partial charge in [-0.05, 0) is 25.1 Å². The Morgan fingerprint density at radius 2 is 1.95 bits per heavy atom. The van der Waals surface area contributed by atoms with Crippen LogP contribution >= 0.6 is 0 Å². The molecule has 1 aromatic carbocycles. The molecule has 1 heterocycles. The van der Waals surface area contributed by atoms with Gasteiger partial charge in [-0.15, -0.1) is 0 Å². The Kier molecular flexibility index (Phi) is 3.52. The van der Waals surface area contributed by atoms with E-state index in [9.17, 15) is 8.78 Å². The number of nitrogens with zero attached hydrogens (tertiary/aromatic N) is 2. The summed E-state index contributed by atoms with van der Waals surface area (Å²) in [6.45, 7) is 2.11. The highest BCUT2D eigenvalue weighted by molar-refractivity contribution is 5.52. The van der Waals surface area contributed by atoms with Crippen LogP contribution in [0, 0.1) is 29.9 Å². The Balaban J connectivity index is 2.32. The molecule has 0 unspecified atom stereocenters. The Hall–Kier alpha value is -2.35. The lowest BCUT2D eigenvalue weighted by Crippen LogP contribution is -2.19. The second kappa shape index (κ2) is 5.11. The van der Waals surface area contributed by atoms with Crippen molar-refractivity contribution in [1.82, 2.24) is 0 Å². The normalized spacial score (nSPS) is 10.3. The summed E-state index contributed by atoms with van der Waals surface area (Å²) >= 11 is 0. The minimum atomic E-state index is -0.750. The van der Waals surface area contributed by atoms with E-state index in [0.717, 1.165) is 17.7 Å². The molecule has 0 spiro atoms. The molecular formula is C14H12F2N2O. The maximum absolute atomic E-state index is 13.8. The van der Waals surface area contributed by atoms with Crippen molar-refractivity contribution in [1.29, 1.82) is 5.26 Å². The van der Waals surface area contributed by atoms with Crippen molar-refractivity contribution in [3.05, 3.63) is 53.0 Å². The molecule has 98 valence electrons. The van der Waals surface area contributed by atoms with Crippen LogP contribution in [0.3, 0.4) is 0 Å². The van der Waals surface area contributed by atoms with E-state index in [4.69, 9.17) is 9.68 Å². The number of hydrogen-bond donors (Lipinski definition) is 0. The van der Waals surface area contributed by atoms with Gasteiger partial charge < -0.3 is 9.32 Å². The molecule has 1 aromatic heterocycles. The predicted molar refractivity (Wildman–Crippen MR) is 66.6 cm³/mol. The number of rotatable bonds is 3. The van der Waals surface area contributed by atoms with Gasteiger partial charge in [0.05, 0.1) is 17.9 Å². The fourth-order valence-electron chi connectivity index (χ4n) is 1.90. The van der Waals surface area contributed by atoms with Crippen molar-refractivity contribution >= 4 is 5.69 Å². The predicted octanol–water partition coefficient (Wildman–Crippen LogP) is 3.37. The van der Waals surface area contributed by atoms with Gasteiger partial charge in [-0.3, -0.25) is 0 Å². The molecule has 0 aliphatic carbocycles. The number of furan rings is 1. The number of nitriles is 1. The molecule has 0 aliphatic rings. The second-order valence-electron chi connectivity index (χ2n) is 4.26. The third-order valence-corrected chi connectivity index (χ3v) is 2.90. The smallest absolute Gasteiger partial charge is 0.150 e. The Morgan fingerprint density at radius 3 is 2.42 bits per heavy atom. The van der Waals surface area contributed by atoms with Gasteiger partial charge in [-0.25, -0.2) is 8.78 Å². The molecule has 0 atom stereocenters. The Bertz CT molecular complexity index is 620. The molecule has 0 N–H and O–H groups in total. The maximum atomic E-state index is 13.8. The molecule has 19 heavy (non-hydrogen) atoms. The lowest BCUT2D eigenvalue weighted by molar-refractivity contribution is 0.528. The molecule has 0 aliphatic heterocycles. The second-order valence-corrected chi connectivity index (χ2v) is 4.26. The van der Waals surface area contributed by atoms with E-state index in [-0.39, 0.29) is 11.3 Å². The first-order valence-corrected chi connectivity index (χ1v) is 5.66. The van der Waals surface area contributed by atoms with Crippen LogP contribution < -0.4 is 4.90 Å². The summed E-state index contributed by atoms with van der Waals surface area (Å²) in [5, 5.41) is 8.65. The Labute approximate surface area is 109 Å². The lowest BCUT2D eigenvalue weighted by Gasteiger charge is -2.20.